The van der Waals surface area contributed by atoms with Crippen LogP contribution in [0.1, 0.15) is 32.8 Å². The van der Waals surface area contributed by atoms with Gasteiger partial charge in [0.05, 0.1) is 12.0 Å². The van der Waals surface area contributed by atoms with Crippen molar-refractivity contribution in [1.29, 1.82) is 0 Å². The molecule has 2 unspecified atom stereocenters. The summed E-state index contributed by atoms with van der Waals surface area (Å²) in [6.45, 7) is 11.6. The van der Waals surface area contributed by atoms with Crippen molar-refractivity contribution < 1.29 is 23.1 Å². The number of hydrogen-bond acceptors (Lipinski definition) is 6. The molecule has 10 heteroatoms. The quantitative estimate of drug-likeness (QED) is 0.199. The second kappa shape index (κ2) is 11.0. The Bertz CT molecular complexity index is 1460. The highest BCUT2D eigenvalue weighted by Gasteiger charge is 2.78. The van der Waals surface area contributed by atoms with E-state index < -0.39 is 47.2 Å². The van der Waals surface area contributed by atoms with Gasteiger partial charge >= 0.3 is 5.97 Å². The monoisotopic (exact) mass is 619 g/mol. The molecule has 0 amide bonds. The topological polar surface area (TPSA) is 83.9 Å². The van der Waals surface area contributed by atoms with Crippen molar-refractivity contribution >= 4 is 47.0 Å². The molecule has 1 aliphatic carbocycles. The Balaban J connectivity index is 1.88. The van der Waals surface area contributed by atoms with Crippen molar-refractivity contribution in [3.8, 4) is 10.4 Å². The van der Waals surface area contributed by atoms with E-state index in [0.29, 0.717) is 16.6 Å². The molecule has 1 aromatic heterocycles. The summed E-state index contributed by atoms with van der Waals surface area (Å²) in [5.74, 6) is -0.633. The zero-order valence-electron chi connectivity index (χ0n) is 23.9. The third kappa shape index (κ3) is 5.96. The van der Waals surface area contributed by atoms with Crippen LogP contribution in [0.2, 0.25) is 30.7 Å². The predicted molar refractivity (Wildman–Crippen MR) is 165 cm³/mol. The number of esters is 1. The third-order valence-corrected chi connectivity index (χ3v) is 12.8. The van der Waals surface area contributed by atoms with Crippen molar-refractivity contribution in [3.05, 3.63) is 77.3 Å². The van der Waals surface area contributed by atoms with E-state index in [0.717, 1.165) is 21.8 Å². The summed E-state index contributed by atoms with van der Waals surface area (Å²) < 4.78 is 36.6. The Labute approximate surface area is 248 Å². The zero-order chi connectivity index (χ0) is 29.6. The van der Waals surface area contributed by atoms with Crippen LogP contribution in [0.5, 0.6) is 0 Å². The molecule has 0 bridgehead atoms. The lowest BCUT2D eigenvalue weighted by molar-refractivity contribution is -0.162. The molecule has 4 rings (SSSR count). The molecule has 40 heavy (non-hydrogen) atoms. The first kappa shape index (κ1) is 30.9. The number of ether oxygens (including phenoxy) is 1. The van der Waals surface area contributed by atoms with Crippen molar-refractivity contribution in [2.75, 3.05) is 13.2 Å². The number of aliphatic hydroxyl groups is 1. The molecule has 2 atom stereocenters. The minimum absolute atomic E-state index is 0.135. The van der Waals surface area contributed by atoms with E-state index in [1.807, 2.05) is 42.5 Å². The highest BCUT2D eigenvalue weighted by molar-refractivity contribution is 7.91. The van der Waals surface area contributed by atoms with Gasteiger partial charge in [0, 0.05) is 24.5 Å². The largest absolute Gasteiger partial charge is 0.459 e. The van der Waals surface area contributed by atoms with Crippen molar-refractivity contribution in [2.24, 2.45) is 0 Å². The first-order valence-electron chi connectivity index (χ1n) is 13.3. The summed E-state index contributed by atoms with van der Waals surface area (Å²) in [4.78, 5) is 14.9. The van der Waals surface area contributed by atoms with E-state index in [2.05, 4.69) is 19.6 Å². The van der Waals surface area contributed by atoms with Gasteiger partial charge in [-0.25, -0.2) is 13.2 Å². The van der Waals surface area contributed by atoms with Gasteiger partial charge in [0.1, 0.15) is 15.3 Å². The van der Waals surface area contributed by atoms with Crippen LogP contribution in [0, 0.1) is 0 Å². The Hall–Kier alpha value is -2.01. The molecule has 216 valence electrons. The number of thiophene rings is 1. The maximum Gasteiger partial charge on any atom is 0.329 e. The van der Waals surface area contributed by atoms with Crippen molar-refractivity contribution in [2.45, 2.75) is 73.6 Å². The predicted octanol–water partition coefficient (Wildman–Crippen LogP) is 6.81. The number of hydrogen-bond donors (Lipinski definition) is 1. The summed E-state index contributed by atoms with van der Waals surface area (Å²) in [6, 6.07) is 20.5. The minimum Gasteiger partial charge on any atom is -0.459 e. The van der Waals surface area contributed by atoms with E-state index in [-0.39, 0.29) is 17.2 Å². The molecule has 0 radical (unpaired) electrons. The normalized spacial score (nSPS) is 21.4. The molecule has 0 spiro atoms. The lowest BCUT2D eigenvalue weighted by Crippen LogP contribution is -2.55. The molecular weight excluding hydrogens is 582 g/mol. The lowest BCUT2D eigenvalue weighted by Gasteiger charge is -2.36. The molecule has 2 aromatic carbocycles. The Morgan fingerprint density at radius 1 is 1.05 bits per heavy atom. The molecule has 6 nitrogen and oxygen atoms in total. The Morgan fingerprint density at radius 2 is 1.68 bits per heavy atom. The number of carbonyl (C=O) groups excluding carboxylic acids is 1. The van der Waals surface area contributed by atoms with E-state index >= 15 is 0 Å². The Morgan fingerprint density at radius 3 is 2.23 bits per heavy atom. The average molecular weight is 620 g/mol. The van der Waals surface area contributed by atoms with Gasteiger partial charge in [-0.2, -0.15) is 4.31 Å². The first-order chi connectivity index (χ1) is 18.6. The molecule has 0 saturated heterocycles. The highest BCUT2D eigenvalue weighted by Crippen LogP contribution is 2.63. The maximum absolute atomic E-state index is 14.6. The highest BCUT2D eigenvalue weighted by atomic mass is 35.5. The van der Waals surface area contributed by atoms with E-state index in [9.17, 15) is 18.3 Å². The SMILES string of the molecule is CC(C)(C)OC(=O)C1(N(CC[Si](C)(C)C)S(=O)(=O)c2ccc(-c3ccc(Cl)cc3)s2)CC1(CO)c1ccccc1. The smallest absolute Gasteiger partial charge is 0.329 e. The molecule has 1 saturated carbocycles. The standard InChI is InChI=1S/C30H38ClNO5S2Si/c1-28(2,3)37-27(34)30(20-29(30,21-33)23-10-8-7-9-11-23)32(18-19-40(4,5)6)39(35,36)26-17-16-25(38-26)22-12-14-24(31)15-13-22/h7-17,33H,18-21H2,1-6H3. The second-order valence-electron chi connectivity index (χ2n) is 12.7. The molecule has 1 heterocycles. The summed E-state index contributed by atoms with van der Waals surface area (Å²) >= 11 is 7.21. The fourth-order valence-electron chi connectivity index (χ4n) is 5.12. The van der Waals surface area contributed by atoms with E-state index in [1.54, 1.807) is 45.0 Å². The summed E-state index contributed by atoms with van der Waals surface area (Å²) in [6.07, 6.45) is 0.135. The maximum atomic E-state index is 14.6. The molecular formula is C30H38ClNO5S2Si. The van der Waals surface area contributed by atoms with Gasteiger partial charge in [0.15, 0.2) is 0 Å². The van der Waals surface area contributed by atoms with E-state index in [1.165, 1.54) is 4.31 Å². The van der Waals surface area contributed by atoms with Crippen LogP contribution in [0.3, 0.4) is 0 Å². The van der Waals surface area contributed by atoms with Gasteiger partial charge in [0.2, 0.25) is 0 Å². The van der Waals surface area contributed by atoms with E-state index in [4.69, 9.17) is 16.3 Å². The fraction of sp³-hybridized carbons (Fsp3) is 0.433. The number of sulfonamides is 1. The molecule has 1 aliphatic rings. The van der Waals surface area contributed by atoms with Crippen LogP contribution in [-0.4, -0.2) is 56.2 Å². The van der Waals surface area contributed by atoms with Gasteiger partial charge < -0.3 is 9.84 Å². The average Bonchev–Trinajstić information content (AvgIpc) is 3.29. The number of carbonyl (C=O) groups is 1. The number of rotatable bonds is 10. The molecule has 1 N–H and O–H groups in total. The van der Waals surface area contributed by atoms with Gasteiger partial charge in [-0.3, -0.25) is 0 Å². The number of nitrogens with zero attached hydrogens (tertiary/aromatic N) is 1. The van der Waals surface area contributed by atoms with Gasteiger partial charge in [-0.1, -0.05) is 73.7 Å². The lowest BCUT2D eigenvalue weighted by atomic mass is 9.91. The van der Waals surface area contributed by atoms with Crippen LogP contribution < -0.4 is 0 Å². The second-order valence-corrected chi connectivity index (χ2v) is 21.9. The zero-order valence-corrected chi connectivity index (χ0v) is 27.3. The van der Waals surface area contributed by atoms with Gasteiger partial charge in [0.25, 0.3) is 10.0 Å². The van der Waals surface area contributed by atoms with Gasteiger partial charge in [-0.15, -0.1) is 11.3 Å². The van der Waals surface area contributed by atoms with Crippen molar-refractivity contribution in [3.63, 3.8) is 0 Å². The van der Waals surface area contributed by atoms with Crippen LogP contribution in [0.25, 0.3) is 10.4 Å². The minimum atomic E-state index is -4.17. The van der Waals surface area contributed by atoms with Crippen LogP contribution in [0.15, 0.2) is 70.9 Å². The summed E-state index contributed by atoms with van der Waals surface area (Å²) in [7, 11) is -5.92. The summed E-state index contributed by atoms with van der Waals surface area (Å²) in [5.41, 5.74) is -1.99. The molecule has 3 aromatic rings. The first-order valence-corrected chi connectivity index (χ1v) is 19.7. The van der Waals surface area contributed by atoms with Crippen LogP contribution in [-0.2, 0) is 25.0 Å². The van der Waals surface area contributed by atoms with Crippen LogP contribution in [0.4, 0.5) is 0 Å². The number of benzene rings is 2. The van der Waals surface area contributed by atoms with Crippen molar-refractivity contribution in [1.82, 2.24) is 4.31 Å². The Kier molecular flexibility index (Phi) is 8.51. The van der Waals surface area contributed by atoms with Crippen LogP contribution >= 0.6 is 22.9 Å². The summed E-state index contributed by atoms with van der Waals surface area (Å²) in [5, 5.41) is 11.4. The fourth-order valence-corrected chi connectivity index (χ4v) is 9.52. The number of halogens is 1. The van der Waals surface area contributed by atoms with Gasteiger partial charge in [-0.05, 0) is 68.6 Å². The number of aliphatic hydroxyl groups excluding tert-OH is 1. The third-order valence-electron chi connectivity index (χ3n) is 7.30. The molecule has 1 fully saturated rings. The molecule has 0 aliphatic heterocycles.